The Labute approximate surface area is 130 Å². The van der Waals surface area contributed by atoms with E-state index in [0.717, 1.165) is 11.4 Å². The van der Waals surface area contributed by atoms with Crippen LogP contribution in [0.25, 0.3) is 5.69 Å². The van der Waals surface area contributed by atoms with Gasteiger partial charge in [0.1, 0.15) is 0 Å². The lowest BCUT2D eigenvalue weighted by molar-refractivity contribution is -0.139. The number of ether oxygens (including phenoxy) is 1. The second-order valence-electron chi connectivity index (χ2n) is 5.51. The SMILES string of the molecule is COC(=O)Cc1cc(CCO)n(-c2ccc(C(C)C)cc2)n1. The van der Waals surface area contributed by atoms with Crippen molar-refractivity contribution in [3.8, 4) is 5.69 Å². The van der Waals surface area contributed by atoms with Crippen molar-refractivity contribution in [3.05, 3.63) is 47.3 Å². The van der Waals surface area contributed by atoms with Crippen molar-refractivity contribution in [2.45, 2.75) is 32.6 Å². The number of benzene rings is 1. The highest BCUT2D eigenvalue weighted by atomic mass is 16.5. The zero-order chi connectivity index (χ0) is 16.1. The topological polar surface area (TPSA) is 64.3 Å². The van der Waals surface area contributed by atoms with Crippen molar-refractivity contribution in [2.24, 2.45) is 0 Å². The number of nitrogens with zero attached hydrogens (tertiary/aromatic N) is 2. The fourth-order valence-corrected chi connectivity index (χ4v) is 2.30. The van der Waals surface area contributed by atoms with E-state index in [2.05, 4.69) is 35.8 Å². The summed E-state index contributed by atoms with van der Waals surface area (Å²) in [5, 5.41) is 13.7. The number of aliphatic hydroxyl groups is 1. The monoisotopic (exact) mass is 302 g/mol. The second-order valence-corrected chi connectivity index (χ2v) is 5.51. The minimum absolute atomic E-state index is 0.0352. The molecule has 22 heavy (non-hydrogen) atoms. The summed E-state index contributed by atoms with van der Waals surface area (Å²) in [5.41, 5.74) is 3.69. The normalized spacial score (nSPS) is 11.0. The van der Waals surface area contributed by atoms with Gasteiger partial charge in [-0.05, 0) is 29.7 Å². The van der Waals surface area contributed by atoms with E-state index in [1.807, 2.05) is 18.2 Å². The maximum absolute atomic E-state index is 11.4. The maximum atomic E-state index is 11.4. The van der Waals surface area contributed by atoms with Crippen LogP contribution in [0, 0.1) is 0 Å². The summed E-state index contributed by atoms with van der Waals surface area (Å²) < 4.78 is 6.45. The van der Waals surface area contributed by atoms with Crippen molar-refractivity contribution >= 4 is 5.97 Å². The molecule has 1 aromatic carbocycles. The average molecular weight is 302 g/mol. The third-order valence-corrected chi connectivity index (χ3v) is 3.56. The highest BCUT2D eigenvalue weighted by Crippen LogP contribution is 2.19. The molecule has 2 rings (SSSR count). The van der Waals surface area contributed by atoms with Gasteiger partial charge in [0, 0.05) is 18.7 Å². The summed E-state index contributed by atoms with van der Waals surface area (Å²) in [6.07, 6.45) is 0.617. The van der Waals surface area contributed by atoms with Crippen LogP contribution >= 0.6 is 0 Å². The van der Waals surface area contributed by atoms with Crippen LogP contribution in [0.15, 0.2) is 30.3 Å². The summed E-state index contributed by atoms with van der Waals surface area (Å²) in [7, 11) is 1.36. The summed E-state index contributed by atoms with van der Waals surface area (Å²) >= 11 is 0. The van der Waals surface area contributed by atoms with Crippen LogP contribution in [0.3, 0.4) is 0 Å². The molecule has 0 saturated carbocycles. The van der Waals surface area contributed by atoms with Crippen molar-refractivity contribution in [1.82, 2.24) is 9.78 Å². The summed E-state index contributed by atoms with van der Waals surface area (Å²) in [6, 6.07) is 9.99. The molecule has 0 aliphatic heterocycles. The van der Waals surface area contributed by atoms with Gasteiger partial charge in [-0.25, -0.2) is 4.68 Å². The molecule has 1 aromatic heterocycles. The van der Waals surface area contributed by atoms with Crippen LogP contribution in [-0.2, 0) is 22.4 Å². The summed E-state index contributed by atoms with van der Waals surface area (Å²) in [4.78, 5) is 11.4. The smallest absolute Gasteiger partial charge is 0.311 e. The first kappa shape index (κ1) is 16.2. The van der Waals surface area contributed by atoms with Crippen molar-refractivity contribution in [3.63, 3.8) is 0 Å². The minimum Gasteiger partial charge on any atom is -0.469 e. The highest BCUT2D eigenvalue weighted by molar-refractivity contribution is 5.71. The molecule has 0 atom stereocenters. The molecule has 1 N–H and O–H groups in total. The quantitative estimate of drug-likeness (QED) is 0.831. The predicted octanol–water partition coefficient (Wildman–Crippen LogP) is 2.25. The lowest BCUT2D eigenvalue weighted by atomic mass is 10.0. The average Bonchev–Trinajstić information content (AvgIpc) is 2.90. The van der Waals surface area contributed by atoms with Crippen LogP contribution in [0.5, 0.6) is 0 Å². The molecule has 0 fully saturated rings. The van der Waals surface area contributed by atoms with E-state index >= 15 is 0 Å². The third-order valence-electron chi connectivity index (χ3n) is 3.56. The van der Waals surface area contributed by atoms with Gasteiger partial charge in [0.25, 0.3) is 0 Å². The van der Waals surface area contributed by atoms with E-state index in [1.165, 1.54) is 12.7 Å². The van der Waals surface area contributed by atoms with Crippen LogP contribution in [0.2, 0.25) is 0 Å². The molecule has 0 bridgehead atoms. The number of hydrogen-bond acceptors (Lipinski definition) is 4. The molecule has 2 aromatic rings. The number of esters is 1. The maximum Gasteiger partial charge on any atom is 0.311 e. The Kier molecular flexibility index (Phi) is 5.33. The molecular weight excluding hydrogens is 280 g/mol. The molecule has 0 unspecified atom stereocenters. The molecule has 0 spiro atoms. The van der Waals surface area contributed by atoms with Crippen molar-refractivity contribution < 1.29 is 14.6 Å². The molecule has 0 saturated heterocycles. The second kappa shape index (κ2) is 7.22. The standard InChI is InChI=1S/C17H22N2O3/c1-12(2)13-4-6-15(7-5-13)19-16(8-9-20)10-14(18-19)11-17(21)22-3/h4-7,10,12,20H,8-9,11H2,1-3H3. The summed E-state index contributed by atoms with van der Waals surface area (Å²) in [5.74, 6) is 0.147. The van der Waals surface area contributed by atoms with E-state index in [1.54, 1.807) is 4.68 Å². The Morgan fingerprint density at radius 1 is 1.32 bits per heavy atom. The van der Waals surface area contributed by atoms with E-state index in [-0.39, 0.29) is 19.0 Å². The predicted molar refractivity (Wildman–Crippen MR) is 84.2 cm³/mol. The molecule has 118 valence electrons. The molecule has 0 aliphatic carbocycles. The van der Waals surface area contributed by atoms with Gasteiger partial charge in [0.05, 0.1) is 24.9 Å². The van der Waals surface area contributed by atoms with Crippen LogP contribution in [-0.4, -0.2) is 34.6 Å². The van der Waals surface area contributed by atoms with E-state index in [4.69, 9.17) is 0 Å². The lowest BCUT2D eigenvalue weighted by Gasteiger charge is -2.09. The Morgan fingerprint density at radius 2 is 2.00 bits per heavy atom. The molecular formula is C17H22N2O3. The van der Waals surface area contributed by atoms with Crippen molar-refractivity contribution in [1.29, 1.82) is 0 Å². The number of aromatic nitrogens is 2. The summed E-state index contributed by atoms with van der Waals surface area (Å²) in [6.45, 7) is 4.33. The molecule has 0 radical (unpaired) electrons. The number of carbonyl (C=O) groups excluding carboxylic acids is 1. The Bertz CT molecular complexity index is 630. The Balaban J connectivity index is 2.33. The third kappa shape index (κ3) is 3.74. The lowest BCUT2D eigenvalue weighted by Crippen LogP contribution is -2.07. The number of hydrogen-bond donors (Lipinski definition) is 1. The number of carbonyl (C=O) groups is 1. The first-order valence-electron chi connectivity index (χ1n) is 7.41. The molecule has 0 amide bonds. The van der Waals surface area contributed by atoms with Crippen LogP contribution in [0.1, 0.15) is 36.7 Å². The van der Waals surface area contributed by atoms with Gasteiger partial charge >= 0.3 is 5.97 Å². The largest absolute Gasteiger partial charge is 0.469 e. The van der Waals surface area contributed by atoms with Crippen molar-refractivity contribution in [2.75, 3.05) is 13.7 Å². The zero-order valence-electron chi connectivity index (χ0n) is 13.2. The van der Waals surface area contributed by atoms with Crippen LogP contribution in [0.4, 0.5) is 0 Å². The molecule has 1 heterocycles. The van der Waals surface area contributed by atoms with E-state index in [0.29, 0.717) is 18.0 Å². The van der Waals surface area contributed by atoms with Crippen LogP contribution < -0.4 is 0 Å². The molecule has 5 heteroatoms. The zero-order valence-corrected chi connectivity index (χ0v) is 13.2. The minimum atomic E-state index is -0.324. The van der Waals surface area contributed by atoms with Gasteiger partial charge in [0.15, 0.2) is 0 Å². The number of methoxy groups -OCH3 is 1. The van der Waals surface area contributed by atoms with Gasteiger partial charge in [-0.2, -0.15) is 5.10 Å². The Hall–Kier alpha value is -2.14. The van der Waals surface area contributed by atoms with Gasteiger partial charge in [0.2, 0.25) is 0 Å². The fourth-order valence-electron chi connectivity index (χ4n) is 2.30. The van der Waals surface area contributed by atoms with Gasteiger partial charge in [-0.15, -0.1) is 0 Å². The van der Waals surface area contributed by atoms with Gasteiger partial charge < -0.3 is 9.84 Å². The van der Waals surface area contributed by atoms with Gasteiger partial charge in [-0.1, -0.05) is 26.0 Å². The fraction of sp³-hybridized carbons (Fsp3) is 0.412. The number of rotatable bonds is 6. The molecule has 5 nitrogen and oxygen atoms in total. The van der Waals surface area contributed by atoms with E-state index < -0.39 is 0 Å². The number of aliphatic hydroxyl groups excluding tert-OH is 1. The molecule has 0 aliphatic rings. The highest BCUT2D eigenvalue weighted by Gasteiger charge is 2.13. The first-order chi connectivity index (χ1) is 10.5. The Morgan fingerprint density at radius 3 is 2.55 bits per heavy atom. The van der Waals surface area contributed by atoms with E-state index in [9.17, 15) is 9.90 Å². The van der Waals surface area contributed by atoms with Gasteiger partial charge in [-0.3, -0.25) is 4.79 Å². The first-order valence-corrected chi connectivity index (χ1v) is 7.41.